The molecule has 0 heterocycles. The van der Waals surface area contributed by atoms with E-state index in [1.807, 2.05) is 30.3 Å². The van der Waals surface area contributed by atoms with E-state index < -0.39 is 10.0 Å². The van der Waals surface area contributed by atoms with Crippen LogP contribution < -0.4 is 9.04 Å². The van der Waals surface area contributed by atoms with Gasteiger partial charge in [-0.25, -0.2) is 8.42 Å². The van der Waals surface area contributed by atoms with Crippen LogP contribution in [0.3, 0.4) is 0 Å². The molecule has 6 nitrogen and oxygen atoms in total. The van der Waals surface area contributed by atoms with E-state index in [1.165, 1.54) is 11.0 Å². The number of anilines is 1. The first-order valence-electron chi connectivity index (χ1n) is 7.92. The van der Waals surface area contributed by atoms with Crippen LogP contribution in [0.2, 0.25) is 5.02 Å². The van der Waals surface area contributed by atoms with Crippen molar-refractivity contribution in [3.8, 4) is 5.75 Å². The number of para-hydroxylation sites is 1. The summed E-state index contributed by atoms with van der Waals surface area (Å²) in [5, 5.41) is 0.396. The Balaban J connectivity index is 1.98. The van der Waals surface area contributed by atoms with Crippen molar-refractivity contribution in [1.82, 2.24) is 4.90 Å². The van der Waals surface area contributed by atoms with Crippen LogP contribution in [-0.2, 0) is 14.8 Å². The van der Waals surface area contributed by atoms with Crippen molar-refractivity contribution in [2.45, 2.75) is 0 Å². The van der Waals surface area contributed by atoms with E-state index in [4.69, 9.17) is 16.3 Å². The molecular formula is C18H21ClN2O4S. The Hall–Kier alpha value is -2.25. The van der Waals surface area contributed by atoms with Gasteiger partial charge in [-0.3, -0.25) is 9.10 Å². The van der Waals surface area contributed by atoms with E-state index in [2.05, 4.69) is 0 Å². The normalized spacial score (nSPS) is 11.0. The van der Waals surface area contributed by atoms with E-state index in [0.29, 0.717) is 29.6 Å². The fraction of sp³-hybridized carbons (Fsp3) is 0.278. The third-order valence-corrected chi connectivity index (χ3v) is 5.02. The van der Waals surface area contributed by atoms with E-state index in [9.17, 15) is 13.2 Å². The Kier molecular flexibility index (Phi) is 6.88. The van der Waals surface area contributed by atoms with Crippen LogP contribution in [0.25, 0.3) is 0 Å². The molecule has 0 bridgehead atoms. The minimum absolute atomic E-state index is 0.305. The predicted molar refractivity (Wildman–Crippen MR) is 103 cm³/mol. The SMILES string of the molecule is CN(CCOc1ccccc1)C(=O)CN(c1cccc(Cl)c1)S(C)(=O)=O. The van der Waals surface area contributed by atoms with Gasteiger partial charge in [-0.2, -0.15) is 0 Å². The lowest BCUT2D eigenvalue weighted by molar-refractivity contribution is -0.128. The van der Waals surface area contributed by atoms with Gasteiger partial charge in [0, 0.05) is 12.1 Å². The summed E-state index contributed by atoms with van der Waals surface area (Å²) in [7, 11) is -2.02. The molecule has 26 heavy (non-hydrogen) atoms. The molecule has 1 amide bonds. The molecule has 0 atom stereocenters. The topological polar surface area (TPSA) is 66.9 Å². The van der Waals surface area contributed by atoms with Gasteiger partial charge in [0.25, 0.3) is 0 Å². The van der Waals surface area contributed by atoms with Gasteiger partial charge in [0.05, 0.1) is 18.5 Å². The van der Waals surface area contributed by atoms with Crippen molar-refractivity contribution in [3.05, 3.63) is 59.6 Å². The van der Waals surface area contributed by atoms with Gasteiger partial charge in [-0.05, 0) is 30.3 Å². The maximum Gasteiger partial charge on any atom is 0.243 e. The Morgan fingerprint density at radius 3 is 2.42 bits per heavy atom. The van der Waals surface area contributed by atoms with Crippen LogP contribution in [0, 0.1) is 0 Å². The maximum atomic E-state index is 12.4. The molecular weight excluding hydrogens is 376 g/mol. The van der Waals surface area contributed by atoms with Crippen LogP contribution in [0.5, 0.6) is 5.75 Å². The highest BCUT2D eigenvalue weighted by atomic mass is 35.5. The quantitative estimate of drug-likeness (QED) is 0.688. The lowest BCUT2D eigenvalue weighted by Crippen LogP contribution is -2.42. The smallest absolute Gasteiger partial charge is 0.243 e. The van der Waals surface area contributed by atoms with Crippen LogP contribution in [0.4, 0.5) is 5.69 Å². The van der Waals surface area contributed by atoms with Gasteiger partial charge in [0.15, 0.2) is 0 Å². The van der Waals surface area contributed by atoms with Crippen molar-refractivity contribution in [2.24, 2.45) is 0 Å². The highest BCUT2D eigenvalue weighted by Gasteiger charge is 2.22. The highest BCUT2D eigenvalue weighted by molar-refractivity contribution is 7.92. The number of hydrogen-bond donors (Lipinski definition) is 0. The zero-order chi connectivity index (χ0) is 19.2. The molecule has 140 valence electrons. The summed E-state index contributed by atoms with van der Waals surface area (Å²) < 4.78 is 30.8. The first kappa shape index (κ1) is 20.1. The van der Waals surface area contributed by atoms with Crippen LogP contribution >= 0.6 is 11.6 Å². The number of carbonyl (C=O) groups is 1. The van der Waals surface area contributed by atoms with Crippen LogP contribution in [0.15, 0.2) is 54.6 Å². The van der Waals surface area contributed by atoms with Gasteiger partial charge in [-0.1, -0.05) is 35.9 Å². The minimum atomic E-state index is -3.63. The van der Waals surface area contributed by atoms with Crippen molar-refractivity contribution >= 4 is 33.2 Å². The molecule has 2 aromatic carbocycles. The Bertz CT molecular complexity index is 843. The van der Waals surface area contributed by atoms with Gasteiger partial charge >= 0.3 is 0 Å². The van der Waals surface area contributed by atoms with E-state index >= 15 is 0 Å². The Morgan fingerprint density at radius 1 is 1.12 bits per heavy atom. The summed E-state index contributed by atoms with van der Waals surface area (Å²) >= 11 is 5.93. The average Bonchev–Trinajstić information content (AvgIpc) is 2.59. The number of hydrogen-bond acceptors (Lipinski definition) is 4. The van der Waals surface area contributed by atoms with Crippen molar-refractivity contribution < 1.29 is 17.9 Å². The molecule has 0 radical (unpaired) electrons. The average molecular weight is 397 g/mol. The van der Waals surface area contributed by atoms with E-state index in [1.54, 1.807) is 25.2 Å². The first-order chi connectivity index (χ1) is 12.3. The van der Waals surface area contributed by atoms with Gasteiger partial charge < -0.3 is 9.64 Å². The fourth-order valence-corrected chi connectivity index (χ4v) is 3.24. The molecule has 0 fully saturated rings. The zero-order valence-corrected chi connectivity index (χ0v) is 16.2. The second kappa shape index (κ2) is 8.91. The largest absolute Gasteiger partial charge is 0.492 e. The second-order valence-corrected chi connectivity index (χ2v) is 8.07. The molecule has 0 unspecified atom stereocenters. The van der Waals surface area contributed by atoms with Crippen LogP contribution in [-0.4, -0.2) is 52.2 Å². The maximum absolute atomic E-state index is 12.4. The molecule has 0 N–H and O–H groups in total. The van der Waals surface area contributed by atoms with Crippen molar-refractivity contribution in [2.75, 3.05) is 37.3 Å². The molecule has 0 spiro atoms. The molecule has 8 heteroatoms. The van der Waals surface area contributed by atoms with Crippen molar-refractivity contribution in [3.63, 3.8) is 0 Å². The number of rotatable bonds is 8. The number of nitrogens with zero attached hydrogens (tertiary/aromatic N) is 2. The number of benzene rings is 2. The Morgan fingerprint density at radius 2 is 1.81 bits per heavy atom. The van der Waals surface area contributed by atoms with Gasteiger partial charge in [0.1, 0.15) is 18.9 Å². The third-order valence-electron chi connectivity index (χ3n) is 3.64. The minimum Gasteiger partial charge on any atom is -0.492 e. The number of ether oxygens (including phenoxy) is 1. The summed E-state index contributed by atoms with van der Waals surface area (Å²) in [4.78, 5) is 13.9. The fourth-order valence-electron chi connectivity index (χ4n) is 2.22. The molecule has 0 saturated heterocycles. The highest BCUT2D eigenvalue weighted by Crippen LogP contribution is 2.21. The first-order valence-corrected chi connectivity index (χ1v) is 10.1. The third kappa shape index (κ3) is 5.93. The summed E-state index contributed by atoms with van der Waals surface area (Å²) in [5.74, 6) is 0.372. The Labute approximate surface area is 159 Å². The van der Waals surface area contributed by atoms with E-state index in [0.717, 1.165) is 10.6 Å². The van der Waals surface area contributed by atoms with Crippen molar-refractivity contribution in [1.29, 1.82) is 0 Å². The molecule has 2 rings (SSSR count). The molecule has 0 aromatic heterocycles. The second-order valence-electron chi connectivity index (χ2n) is 5.73. The molecule has 0 aliphatic heterocycles. The zero-order valence-electron chi connectivity index (χ0n) is 14.6. The summed E-state index contributed by atoms with van der Waals surface area (Å²) in [6.07, 6.45) is 1.06. The number of amides is 1. The summed E-state index contributed by atoms with van der Waals surface area (Å²) in [6, 6.07) is 15.6. The standard InChI is InChI=1S/C18H21ClN2O4S/c1-20(11-12-25-17-9-4-3-5-10-17)18(22)14-21(26(2,23)24)16-8-6-7-15(19)13-16/h3-10,13H,11-12,14H2,1-2H3. The van der Waals surface area contributed by atoms with E-state index in [-0.39, 0.29) is 12.5 Å². The predicted octanol–water partition coefficient (Wildman–Crippen LogP) is 2.64. The van der Waals surface area contributed by atoms with Crippen LogP contribution in [0.1, 0.15) is 0 Å². The lowest BCUT2D eigenvalue weighted by Gasteiger charge is -2.25. The number of carbonyl (C=O) groups excluding carboxylic acids is 1. The number of halogens is 1. The molecule has 0 saturated carbocycles. The molecule has 0 aliphatic carbocycles. The van der Waals surface area contributed by atoms with Gasteiger partial charge in [-0.15, -0.1) is 0 Å². The van der Waals surface area contributed by atoms with Gasteiger partial charge in [0.2, 0.25) is 15.9 Å². The number of likely N-dealkylation sites (N-methyl/N-ethyl adjacent to an activating group) is 1. The number of sulfonamides is 1. The molecule has 2 aromatic rings. The monoisotopic (exact) mass is 396 g/mol. The molecule has 0 aliphatic rings. The lowest BCUT2D eigenvalue weighted by atomic mass is 10.3. The summed E-state index contributed by atoms with van der Waals surface area (Å²) in [6.45, 7) is 0.337. The summed E-state index contributed by atoms with van der Waals surface area (Å²) in [5.41, 5.74) is 0.349.